The maximum absolute atomic E-state index is 10.7. The van der Waals surface area contributed by atoms with Gasteiger partial charge in [0.2, 0.25) is 0 Å². The number of aliphatic hydroxyl groups is 2. The zero-order valence-corrected chi connectivity index (χ0v) is 15.4. The third-order valence-corrected chi connectivity index (χ3v) is 7.95. The maximum atomic E-state index is 10.7. The molecular formula is C20H34O3. The molecule has 1 saturated heterocycles. The second-order valence-electron chi connectivity index (χ2n) is 9.58. The van der Waals surface area contributed by atoms with Crippen LogP contribution in [0.4, 0.5) is 0 Å². The number of fused-ring (bicyclic) bond motifs is 3. The van der Waals surface area contributed by atoms with E-state index in [2.05, 4.69) is 34.3 Å². The van der Waals surface area contributed by atoms with Crippen molar-refractivity contribution in [3.8, 4) is 0 Å². The van der Waals surface area contributed by atoms with Crippen molar-refractivity contribution in [2.24, 2.45) is 22.7 Å². The molecule has 3 nitrogen and oxygen atoms in total. The number of aliphatic hydroxyl groups excluding tert-OH is 2. The molecule has 0 aromatic heterocycles. The summed E-state index contributed by atoms with van der Waals surface area (Å²) in [6, 6.07) is 0. The first kappa shape index (κ1) is 17.4. The highest BCUT2D eigenvalue weighted by molar-refractivity contribution is 5.15. The molecule has 132 valence electrons. The van der Waals surface area contributed by atoms with Gasteiger partial charge in [0.05, 0.1) is 17.8 Å². The minimum Gasteiger partial charge on any atom is -0.393 e. The molecule has 2 aliphatic carbocycles. The topological polar surface area (TPSA) is 49.7 Å². The standard InChI is InChI=1S/C20H34O3/c1-7-19(5)16(22)12-14-18(4)10-9-15(21)17(2,3)13(18)8-11-20(14,6)23-19/h7,13-16,21-22H,1,8-12H2,2-6H3/t13-,14+,15+,16-,18-,19+,20+/m1/s1. The Morgan fingerprint density at radius 1 is 0.957 bits per heavy atom. The van der Waals surface area contributed by atoms with Crippen molar-refractivity contribution in [2.75, 3.05) is 0 Å². The van der Waals surface area contributed by atoms with Gasteiger partial charge in [-0.05, 0) is 68.6 Å². The van der Waals surface area contributed by atoms with Crippen LogP contribution >= 0.6 is 0 Å². The first-order valence-electron chi connectivity index (χ1n) is 9.19. The van der Waals surface area contributed by atoms with Crippen LogP contribution in [-0.2, 0) is 4.74 Å². The van der Waals surface area contributed by atoms with E-state index in [1.54, 1.807) is 6.08 Å². The van der Waals surface area contributed by atoms with Crippen LogP contribution < -0.4 is 0 Å². The molecule has 3 fully saturated rings. The van der Waals surface area contributed by atoms with Crippen LogP contribution in [0.25, 0.3) is 0 Å². The fourth-order valence-corrected chi connectivity index (χ4v) is 6.34. The van der Waals surface area contributed by atoms with Crippen molar-refractivity contribution >= 4 is 0 Å². The third kappa shape index (κ3) is 2.26. The van der Waals surface area contributed by atoms with E-state index >= 15 is 0 Å². The second kappa shape index (κ2) is 5.06. The van der Waals surface area contributed by atoms with Gasteiger partial charge in [0, 0.05) is 0 Å². The second-order valence-corrected chi connectivity index (χ2v) is 9.58. The first-order chi connectivity index (χ1) is 10.5. The lowest BCUT2D eigenvalue weighted by Gasteiger charge is -2.66. The summed E-state index contributed by atoms with van der Waals surface area (Å²) in [6.45, 7) is 14.9. The minimum absolute atomic E-state index is 0.0710. The van der Waals surface area contributed by atoms with Gasteiger partial charge in [-0.25, -0.2) is 0 Å². The Hall–Kier alpha value is -0.380. The van der Waals surface area contributed by atoms with Crippen LogP contribution in [0.2, 0.25) is 0 Å². The Labute approximate surface area is 141 Å². The first-order valence-corrected chi connectivity index (χ1v) is 9.19. The third-order valence-electron chi connectivity index (χ3n) is 7.95. The molecule has 0 amide bonds. The largest absolute Gasteiger partial charge is 0.393 e. The summed E-state index contributed by atoms with van der Waals surface area (Å²) in [4.78, 5) is 0. The summed E-state index contributed by atoms with van der Waals surface area (Å²) in [6.07, 6.45) is 5.73. The lowest BCUT2D eigenvalue weighted by atomic mass is 9.43. The van der Waals surface area contributed by atoms with Crippen molar-refractivity contribution in [3.63, 3.8) is 0 Å². The summed E-state index contributed by atoms with van der Waals surface area (Å²) in [5.74, 6) is 0.796. The highest BCUT2D eigenvalue weighted by atomic mass is 16.5. The van der Waals surface area contributed by atoms with E-state index < -0.39 is 11.7 Å². The number of hydrogen-bond acceptors (Lipinski definition) is 3. The molecule has 0 radical (unpaired) electrons. The summed E-state index contributed by atoms with van der Waals surface area (Å²) in [5, 5.41) is 21.3. The summed E-state index contributed by atoms with van der Waals surface area (Å²) < 4.78 is 6.51. The van der Waals surface area contributed by atoms with Crippen LogP contribution in [0.1, 0.15) is 66.7 Å². The molecule has 0 bridgehead atoms. The molecule has 3 aliphatic rings. The van der Waals surface area contributed by atoms with E-state index in [1.807, 2.05) is 6.92 Å². The number of ether oxygens (including phenoxy) is 1. The molecular weight excluding hydrogens is 288 g/mol. The van der Waals surface area contributed by atoms with Gasteiger partial charge in [-0.1, -0.05) is 26.8 Å². The Morgan fingerprint density at radius 3 is 2.22 bits per heavy atom. The number of rotatable bonds is 1. The van der Waals surface area contributed by atoms with Gasteiger partial charge >= 0.3 is 0 Å². The lowest BCUT2D eigenvalue weighted by molar-refractivity contribution is -0.288. The van der Waals surface area contributed by atoms with E-state index in [0.717, 1.165) is 32.1 Å². The van der Waals surface area contributed by atoms with E-state index in [0.29, 0.717) is 11.8 Å². The molecule has 0 spiro atoms. The quantitative estimate of drug-likeness (QED) is 0.724. The summed E-state index contributed by atoms with van der Waals surface area (Å²) in [5.41, 5.74) is -0.832. The fraction of sp³-hybridized carbons (Fsp3) is 0.900. The van der Waals surface area contributed by atoms with Crippen molar-refractivity contribution in [3.05, 3.63) is 12.7 Å². The zero-order valence-electron chi connectivity index (χ0n) is 15.4. The fourth-order valence-electron chi connectivity index (χ4n) is 6.34. The molecule has 0 aromatic rings. The lowest BCUT2D eigenvalue weighted by Crippen LogP contribution is -2.67. The van der Waals surface area contributed by atoms with E-state index in [4.69, 9.17) is 4.74 Å². The Kier molecular flexibility index (Phi) is 3.84. The van der Waals surface area contributed by atoms with Crippen molar-refractivity contribution in [1.82, 2.24) is 0 Å². The van der Waals surface area contributed by atoms with Crippen LogP contribution in [-0.4, -0.2) is 33.6 Å². The van der Waals surface area contributed by atoms with Crippen LogP contribution in [0, 0.1) is 22.7 Å². The van der Waals surface area contributed by atoms with E-state index in [-0.39, 0.29) is 22.5 Å². The average Bonchev–Trinajstić information content (AvgIpc) is 2.46. The molecule has 23 heavy (non-hydrogen) atoms. The molecule has 2 saturated carbocycles. The normalized spacial score (nSPS) is 55.6. The molecule has 0 unspecified atom stereocenters. The molecule has 7 atom stereocenters. The Balaban J connectivity index is 1.99. The van der Waals surface area contributed by atoms with E-state index in [1.165, 1.54) is 0 Å². The predicted octanol–water partition coefficient (Wildman–Crippen LogP) is 3.68. The molecule has 0 aromatic carbocycles. The summed E-state index contributed by atoms with van der Waals surface area (Å²) >= 11 is 0. The van der Waals surface area contributed by atoms with E-state index in [9.17, 15) is 10.2 Å². The molecule has 1 aliphatic heterocycles. The van der Waals surface area contributed by atoms with Gasteiger partial charge in [-0.2, -0.15) is 0 Å². The predicted molar refractivity (Wildman–Crippen MR) is 92.1 cm³/mol. The van der Waals surface area contributed by atoms with Gasteiger partial charge in [-0.15, -0.1) is 6.58 Å². The van der Waals surface area contributed by atoms with Gasteiger partial charge < -0.3 is 14.9 Å². The van der Waals surface area contributed by atoms with Gasteiger partial charge in [0.15, 0.2) is 0 Å². The van der Waals surface area contributed by atoms with Crippen molar-refractivity contribution in [2.45, 2.75) is 90.1 Å². The molecule has 1 heterocycles. The SMILES string of the molecule is C=C[C@]1(C)O[C@@]2(C)CC[C@@H]3C(C)(C)[C@@H](O)CC[C@@]3(C)[C@@H]2C[C@H]1O. The minimum atomic E-state index is -0.655. The zero-order chi connectivity index (χ0) is 17.3. The molecule has 3 rings (SSSR count). The highest BCUT2D eigenvalue weighted by Crippen LogP contribution is 2.65. The van der Waals surface area contributed by atoms with Crippen LogP contribution in [0.15, 0.2) is 12.7 Å². The van der Waals surface area contributed by atoms with Crippen molar-refractivity contribution < 1.29 is 14.9 Å². The molecule has 2 N–H and O–H groups in total. The van der Waals surface area contributed by atoms with Crippen LogP contribution in [0.3, 0.4) is 0 Å². The Morgan fingerprint density at radius 2 is 1.61 bits per heavy atom. The monoisotopic (exact) mass is 322 g/mol. The smallest absolute Gasteiger partial charge is 0.110 e. The van der Waals surface area contributed by atoms with Gasteiger partial charge in [0.1, 0.15) is 5.60 Å². The van der Waals surface area contributed by atoms with Crippen LogP contribution in [0.5, 0.6) is 0 Å². The molecule has 3 heteroatoms. The van der Waals surface area contributed by atoms with Gasteiger partial charge in [0.25, 0.3) is 0 Å². The average molecular weight is 322 g/mol. The van der Waals surface area contributed by atoms with Gasteiger partial charge in [-0.3, -0.25) is 0 Å². The maximum Gasteiger partial charge on any atom is 0.110 e. The highest BCUT2D eigenvalue weighted by Gasteiger charge is 2.64. The van der Waals surface area contributed by atoms with Crippen molar-refractivity contribution in [1.29, 1.82) is 0 Å². The summed E-state index contributed by atoms with van der Waals surface area (Å²) in [7, 11) is 0. The number of hydrogen-bond donors (Lipinski definition) is 2. The Bertz CT molecular complexity index is 501.